The zero-order valence-corrected chi connectivity index (χ0v) is 8.08. The summed E-state index contributed by atoms with van der Waals surface area (Å²) in [6.07, 6.45) is -0.312. The molecule has 2 heterocycles. The highest BCUT2D eigenvalue weighted by atomic mass is 19.1. The zero-order valence-electron chi connectivity index (χ0n) is 8.08. The first-order chi connectivity index (χ1) is 6.24. The van der Waals surface area contributed by atoms with E-state index in [2.05, 4.69) is 16.8 Å². The second-order valence-electron chi connectivity index (χ2n) is 4.07. The number of morpholine rings is 1. The minimum atomic E-state index is -0.596. The number of hydrogen-bond donors (Lipinski definition) is 0. The molecule has 2 rings (SSSR count). The minimum absolute atomic E-state index is 0.284. The quantitative estimate of drug-likeness (QED) is 0.605. The molecule has 0 bridgehead atoms. The number of halogens is 1. The van der Waals surface area contributed by atoms with Crippen LogP contribution in [0.15, 0.2) is 0 Å². The van der Waals surface area contributed by atoms with Gasteiger partial charge in [-0.1, -0.05) is 0 Å². The SMILES string of the molecule is CN1CCO[C@@H](CN2CC(F)C2)C1. The highest BCUT2D eigenvalue weighted by Gasteiger charge is 2.29. The Morgan fingerprint density at radius 2 is 2.15 bits per heavy atom. The largest absolute Gasteiger partial charge is 0.374 e. The van der Waals surface area contributed by atoms with Crippen molar-refractivity contribution in [3.63, 3.8) is 0 Å². The maximum absolute atomic E-state index is 12.5. The van der Waals surface area contributed by atoms with Crippen molar-refractivity contribution in [2.24, 2.45) is 0 Å². The summed E-state index contributed by atoms with van der Waals surface area (Å²) < 4.78 is 18.1. The van der Waals surface area contributed by atoms with E-state index in [4.69, 9.17) is 4.74 Å². The first-order valence-electron chi connectivity index (χ1n) is 4.90. The lowest BCUT2D eigenvalue weighted by Gasteiger charge is -2.39. The molecule has 0 aromatic rings. The van der Waals surface area contributed by atoms with Gasteiger partial charge in [0.2, 0.25) is 0 Å². The Balaban J connectivity index is 1.69. The zero-order chi connectivity index (χ0) is 9.26. The van der Waals surface area contributed by atoms with E-state index in [0.29, 0.717) is 13.1 Å². The molecule has 0 radical (unpaired) electrons. The van der Waals surface area contributed by atoms with Crippen molar-refractivity contribution < 1.29 is 9.13 Å². The summed E-state index contributed by atoms with van der Waals surface area (Å²) in [6, 6.07) is 0. The van der Waals surface area contributed by atoms with Crippen LogP contribution in [0.4, 0.5) is 4.39 Å². The molecule has 2 aliphatic rings. The van der Waals surface area contributed by atoms with Crippen molar-refractivity contribution in [1.82, 2.24) is 9.80 Å². The van der Waals surface area contributed by atoms with Crippen LogP contribution >= 0.6 is 0 Å². The van der Waals surface area contributed by atoms with E-state index >= 15 is 0 Å². The Morgan fingerprint density at radius 3 is 2.77 bits per heavy atom. The third-order valence-electron chi connectivity index (χ3n) is 2.72. The van der Waals surface area contributed by atoms with E-state index in [1.54, 1.807) is 0 Å². The van der Waals surface area contributed by atoms with Crippen LogP contribution in [-0.2, 0) is 4.74 Å². The summed E-state index contributed by atoms with van der Waals surface area (Å²) in [6.45, 7) is 4.90. The van der Waals surface area contributed by atoms with Crippen molar-refractivity contribution >= 4 is 0 Å². The van der Waals surface area contributed by atoms with Gasteiger partial charge < -0.3 is 9.64 Å². The third-order valence-corrected chi connectivity index (χ3v) is 2.72. The van der Waals surface area contributed by atoms with E-state index in [1.807, 2.05) is 0 Å². The number of nitrogens with zero attached hydrogens (tertiary/aromatic N) is 2. The molecule has 2 saturated heterocycles. The first-order valence-corrected chi connectivity index (χ1v) is 4.90. The van der Waals surface area contributed by atoms with Crippen LogP contribution in [0.25, 0.3) is 0 Å². The Kier molecular flexibility index (Phi) is 2.81. The second kappa shape index (κ2) is 3.90. The molecular formula is C9H17FN2O. The van der Waals surface area contributed by atoms with E-state index < -0.39 is 6.17 Å². The molecule has 4 heteroatoms. The van der Waals surface area contributed by atoms with E-state index in [9.17, 15) is 4.39 Å². The summed E-state index contributed by atoms with van der Waals surface area (Å²) in [5.74, 6) is 0. The number of alkyl halides is 1. The summed E-state index contributed by atoms with van der Waals surface area (Å²) in [4.78, 5) is 4.38. The van der Waals surface area contributed by atoms with Gasteiger partial charge in [-0.05, 0) is 7.05 Å². The molecule has 0 aliphatic carbocycles. The molecule has 0 aromatic carbocycles. The van der Waals surface area contributed by atoms with Gasteiger partial charge in [0.15, 0.2) is 0 Å². The van der Waals surface area contributed by atoms with Gasteiger partial charge in [0.05, 0.1) is 12.7 Å². The normalized spacial score (nSPS) is 33.2. The molecule has 76 valence electrons. The number of rotatable bonds is 2. The van der Waals surface area contributed by atoms with E-state index in [0.717, 1.165) is 26.2 Å². The number of hydrogen-bond acceptors (Lipinski definition) is 3. The number of ether oxygens (including phenoxy) is 1. The molecule has 1 atom stereocenters. The van der Waals surface area contributed by atoms with Crippen LogP contribution in [-0.4, -0.2) is 68.5 Å². The van der Waals surface area contributed by atoms with Crippen molar-refractivity contribution in [2.45, 2.75) is 12.3 Å². The van der Waals surface area contributed by atoms with Crippen LogP contribution in [0.5, 0.6) is 0 Å². The fraction of sp³-hybridized carbons (Fsp3) is 1.00. The van der Waals surface area contributed by atoms with Crippen molar-refractivity contribution in [3.05, 3.63) is 0 Å². The van der Waals surface area contributed by atoms with Gasteiger partial charge in [-0.3, -0.25) is 4.90 Å². The Labute approximate surface area is 78.4 Å². The van der Waals surface area contributed by atoms with E-state index in [1.165, 1.54) is 0 Å². The maximum Gasteiger partial charge on any atom is 0.125 e. The molecular weight excluding hydrogens is 171 g/mol. The average Bonchev–Trinajstić information content (AvgIpc) is 2.01. The number of likely N-dealkylation sites (N-methyl/N-ethyl adjacent to an activating group) is 1. The van der Waals surface area contributed by atoms with Gasteiger partial charge in [-0.2, -0.15) is 0 Å². The molecule has 0 saturated carbocycles. The molecule has 0 N–H and O–H groups in total. The predicted molar refractivity (Wildman–Crippen MR) is 48.6 cm³/mol. The fourth-order valence-electron chi connectivity index (χ4n) is 1.92. The third kappa shape index (κ3) is 2.39. The van der Waals surface area contributed by atoms with Crippen LogP contribution in [0.3, 0.4) is 0 Å². The molecule has 0 spiro atoms. The Morgan fingerprint density at radius 1 is 1.38 bits per heavy atom. The summed E-state index contributed by atoms with van der Waals surface area (Å²) in [7, 11) is 2.10. The molecule has 2 fully saturated rings. The van der Waals surface area contributed by atoms with Gasteiger partial charge in [0.25, 0.3) is 0 Å². The minimum Gasteiger partial charge on any atom is -0.374 e. The summed E-state index contributed by atoms with van der Waals surface area (Å²) in [5.41, 5.74) is 0. The average molecular weight is 188 g/mol. The highest BCUT2D eigenvalue weighted by molar-refractivity contribution is 4.83. The molecule has 2 aliphatic heterocycles. The Bertz CT molecular complexity index is 173. The van der Waals surface area contributed by atoms with Crippen molar-refractivity contribution in [1.29, 1.82) is 0 Å². The van der Waals surface area contributed by atoms with Crippen LogP contribution in [0.2, 0.25) is 0 Å². The lowest BCUT2D eigenvalue weighted by molar-refractivity contribution is -0.0559. The number of likely N-dealkylation sites (tertiary alicyclic amines) is 1. The summed E-state index contributed by atoms with van der Waals surface area (Å²) in [5, 5.41) is 0. The molecule has 0 aromatic heterocycles. The van der Waals surface area contributed by atoms with Crippen LogP contribution in [0.1, 0.15) is 0 Å². The molecule has 3 nitrogen and oxygen atoms in total. The first kappa shape index (κ1) is 9.37. The van der Waals surface area contributed by atoms with Crippen LogP contribution < -0.4 is 0 Å². The predicted octanol–water partition coefficient (Wildman–Crippen LogP) is -0.0293. The second-order valence-corrected chi connectivity index (χ2v) is 4.07. The molecule has 13 heavy (non-hydrogen) atoms. The molecule has 0 unspecified atom stereocenters. The smallest absolute Gasteiger partial charge is 0.125 e. The van der Waals surface area contributed by atoms with Gasteiger partial charge in [-0.25, -0.2) is 4.39 Å². The van der Waals surface area contributed by atoms with Crippen molar-refractivity contribution in [2.75, 3.05) is 46.4 Å². The lowest BCUT2D eigenvalue weighted by atomic mass is 10.1. The lowest BCUT2D eigenvalue weighted by Crippen LogP contribution is -2.54. The monoisotopic (exact) mass is 188 g/mol. The fourth-order valence-corrected chi connectivity index (χ4v) is 1.92. The molecule has 0 amide bonds. The summed E-state index contributed by atoms with van der Waals surface area (Å²) >= 11 is 0. The Hall–Kier alpha value is -0.190. The topological polar surface area (TPSA) is 15.7 Å². The standard InChI is InChI=1S/C9H17FN2O/c1-11-2-3-13-9(6-11)7-12-4-8(10)5-12/h8-9H,2-7H2,1H3/t9-/m1/s1. The van der Waals surface area contributed by atoms with Crippen LogP contribution in [0, 0.1) is 0 Å². The maximum atomic E-state index is 12.5. The highest BCUT2D eigenvalue weighted by Crippen LogP contribution is 2.13. The van der Waals surface area contributed by atoms with Gasteiger partial charge in [0, 0.05) is 32.7 Å². The van der Waals surface area contributed by atoms with Gasteiger partial charge in [0.1, 0.15) is 6.17 Å². The van der Waals surface area contributed by atoms with E-state index in [-0.39, 0.29) is 6.10 Å². The van der Waals surface area contributed by atoms with Crippen molar-refractivity contribution in [3.8, 4) is 0 Å². The van der Waals surface area contributed by atoms with Gasteiger partial charge >= 0.3 is 0 Å². The van der Waals surface area contributed by atoms with Gasteiger partial charge in [-0.15, -0.1) is 0 Å².